The van der Waals surface area contributed by atoms with Crippen molar-refractivity contribution in [1.29, 1.82) is 0 Å². The van der Waals surface area contributed by atoms with E-state index in [4.69, 9.17) is 5.21 Å². The zero-order chi connectivity index (χ0) is 19.3. The zero-order valence-electron chi connectivity index (χ0n) is 15.2. The van der Waals surface area contributed by atoms with Crippen LogP contribution in [0.4, 0.5) is 0 Å². The molecule has 1 aromatic heterocycles. The third-order valence-electron chi connectivity index (χ3n) is 4.63. The van der Waals surface area contributed by atoms with E-state index in [1.165, 1.54) is 22.5 Å². The molecule has 0 aliphatic rings. The van der Waals surface area contributed by atoms with E-state index < -0.39 is 5.91 Å². The van der Waals surface area contributed by atoms with Gasteiger partial charge in [0.1, 0.15) is 0 Å². The first-order valence-electron chi connectivity index (χ1n) is 9.05. The maximum absolute atomic E-state index is 11.6. The molecule has 0 atom stereocenters. The standard InChI is InChI=1S/C23H20N2O2S/c26-23(25-27)22-13-20-12-19(10-11-21(20)28-22)18-8-6-17(7-9-18)15-24-14-16-4-2-1-3-5-16/h1-13,24,27H,14-15H2,(H,25,26). The van der Waals surface area contributed by atoms with Crippen LogP contribution in [0.25, 0.3) is 21.2 Å². The minimum absolute atomic E-state index is 0.477. The molecular formula is C23H20N2O2S. The molecule has 0 aliphatic carbocycles. The van der Waals surface area contributed by atoms with Crippen molar-refractivity contribution in [3.05, 3.63) is 94.9 Å². The average Bonchev–Trinajstić information content (AvgIpc) is 3.18. The van der Waals surface area contributed by atoms with E-state index in [-0.39, 0.29) is 0 Å². The van der Waals surface area contributed by atoms with Crippen molar-refractivity contribution in [2.45, 2.75) is 13.1 Å². The lowest BCUT2D eigenvalue weighted by molar-refractivity contribution is 0.0711. The van der Waals surface area contributed by atoms with E-state index >= 15 is 0 Å². The summed E-state index contributed by atoms with van der Waals surface area (Å²) in [6.45, 7) is 1.67. The number of carbonyl (C=O) groups excluding carboxylic acids is 1. The zero-order valence-corrected chi connectivity index (χ0v) is 16.0. The van der Waals surface area contributed by atoms with Crippen LogP contribution in [0.3, 0.4) is 0 Å². The van der Waals surface area contributed by atoms with Crippen LogP contribution in [-0.4, -0.2) is 11.1 Å². The highest BCUT2D eigenvalue weighted by atomic mass is 32.1. The summed E-state index contributed by atoms with van der Waals surface area (Å²) in [4.78, 5) is 12.1. The Morgan fingerprint density at radius 2 is 1.50 bits per heavy atom. The van der Waals surface area contributed by atoms with Gasteiger partial charge in [-0.2, -0.15) is 0 Å². The van der Waals surface area contributed by atoms with Crippen LogP contribution in [0.2, 0.25) is 0 Å². The highest BCUT2D eigenvalue weighted by Gasteiger charge is 2.10. The van der Waals surface area contributed by atoms with Gasteiger partial charge in [0, 0.05) is 17.8 Å². The van der Waals surface area contributed by atoms with Crippen molar-refractivity contribution in [1.82, 2.24) is 10.8 Å². The molecule has 3 aromatic carbocycles. The largest absolute Gasteiger partial charge is 0.309 e. The molecule has 0 spiro atoms. The lowest BCUT2D eigenvalue weighted by Gasteiger charge is -2.07. The van der Waals surface area contributed by atoms with Gasteiger partial charge in [0.2, 0.25) is 0 Å². The van der Waals surface area contributed by atoms with E-state index in [9.17, 15) is 4.79 Å². The number of amides is 1. The second-order valence-electron chi connectivity index (χ2n) is 6.59. The lowest BCUT2D eigenvalue weighted by Crippen LogP contribution is -2.16. The molecule has 0 radical (unpaired) electrons. The minimum atomic E-state index is -0.477. The fraction of sp³-hybridized carbons (Fsp3) is 0.0870. The summed E-state index contributed by atoms with van der Waals surface area (Å²) in [5, 5.41) is 13.3. The van der Waals surface area contributed by atoms with Gasteiger partial charge < -0.3 is 5.32 Å². The molecule has 3 N–H and O–H groups in total. The van der Waals surface area contributed by atoms with Crippen molar-refractivity contribution in [2.24, 2.45) is 0 Å². The van der Waals surface area contributed by atoms with Gasteiger partial charge in [-0.3, -0.25) is 10.0 Å². The smallest absolute Gasteiger partial charge is 0.284 e. The first-order chi connectivity index (χ1) is 13.7. The summed E-state index contributed by atoms with van der Waals surface area (Å²) in [6.07, 6.45) is 0. The Labute approximate surface area is 167 Å². The van der Waals surface area contributed by atoms with Gasteiger partial charge in [-0.05, 0) is 45.8 Å². The molecule has 28 heavy (non-hydrogen) atoms. The second-order valence-corrected chi connectivity index (χ2v) is 7.67. The number of nitrogens with one attached hydrogen (secondary N) is 2. The third kappa shape index (κ3) is 4.12. The third-order valence-corrected chi connectivity index (χ3v) is 5.74. The average molecular weight is 388 g/mol. The van der Waals surface area contributed by atoms with Gasteiger partial charge in [0.15, 0.2) is 0 Å². The summed E-state index contributed by atoms with van der Waals surface area (Å²) in [6, 6.07) is 26.8. The monoisotopic (exact) mass is 388 g/mol. The van der Waals surface area contributed by atoms with Crippen LogP contribution in [0.5, 0.6) is 0 Å². The normalized spacial score (nSPS) is 10.9. The van der Waals surface area contributed by atoms with Crippen molar-refractivity contribution in [2.75, 3.05) is 0 Å². The molecule has 5 heteroatoms. The predicted octanol–water partition coefficient (Wildman–Crippen LogP) is 4.98. The number of hydrogen-bond donors (Lipinski definition) is 3. The quantitative estimate of drug-likeness (QED) is 0.323. The molecular weight excluding hydrogens is 368 g/mol. The van der Waals surface area contributed by atoms with Crippen LogP contribution < -0.4 is 10.8 Å². The van der Waals surface area contributed by atoms with Gasteiger partial charge in [-0.15, -0.1) is 11.3 Å². The molecule has 0 unspecified atom stereocenters. The number of hydroxylamine groups is 1. The molecule has 1 heterocycles. The van der Waals surface area contributed by atoms with Crippen molar-refractivity contribution >= 4 is 27.3 Å². The number of hydrogen-bond acceptors (Lipinski definition) is 4. The molecule has 4 rings (SSSR count). The second kappa shape index (κ2) is 8.35. The van der Waals surface area contributed by atoms with E-state index in [0.29, 0.717) is 4.88 Å². The molecule has 0 fully saturated rings. The Kier molecular flexibility index (Phi) is 5.48. The SMILES string of the molecule is O=C(NO)c1cc2cc(-c3ccc(CNCc4ccccc4)cc3)ccc2s1. The minimum Gasteiger partial charge on any atom is -0.309 e. The van der Waals surface area contributed by atoms with Gasteiger partial charge in [-0.25, -0.2) is 5.48 Å². The molecule has 0 saturated heterocycles. The van der Waals surface area contributed by atoms with Crippen molar-refractivity contribution < 1.29 is 10.0 Å². The Morgan fingerprint density at radius 1 is 0.821 bits per heavy atom. The lowest BCUT2D eigenvalue weighted by atomic mass is 10.0. The molecule has 4 aromatic rings. The predicted molar refractivity (Wildman–Crippen MR) is 113 cm³/mol. The number of benzene rings is 3. The van der Waals surface area contributed by atoms with Crippen LogP contribution in [0.15, 0.2) is 78.9 Å². The maximum Gasteiger partial charge on any atom is 0.284 e. The van der Waals surface area contributed by atoms with E-state index in [0.717, 1.165) is 34.3 Å². The van der Waals surface area contributed by atoms with Crippen LogP contribution in [0, 0.1) is 0 Å². The molecule has 4 nitrogen and oxygen atoms in total. The molecule has 140 valence electrons. The fourth-order valence-corrected chi connectivity index (χ4v) is 4.08. The number of rotatable bonds is 6. The van der Waals surface area contributed by atoms with Crippen LogP contribution >= 0.6 is 11.3 Å². The van der Waals surface area contributed by atoms with Gasteiger partial charge >= 0.3 is 0 Å². The van der Waals surface area contributed by atoms with E-state index in [1.807, 2.05) is 12.1 Å². The Balaban J connectivity index is 1.45. The summed E-state index contributed by atoms with van der Waals surface area (Å²) >= 11 is 1.36. The van der Waals surface area contributed by atoms with Gasteiger partial charge in [-0.1, -0.05) is 60.7 Å². The van der Waals surface area contributed by atoms with E-state index in [1.54, 1.807) is 11.5 Å². The molecule has 1 amide bonds. The van der Waals surface area contributed by atoms with Gasteiger partial charge in [0.05, 0.1) is 4.88 Å². The highest BCUT2D eigenvalue weighted by molar-refractivity contribution is 7.20. The van der Waals surface area contributed by atoms with Crippen LogP contribution in [0.1, 0.15) is 20.8 Å². The molecule has 0 saturated carbocycles. The fourth-order valence-electron chi connectivity index (χ4n) is 3.15. The maximum atomic E-state index is 11.6. The van der Waals surface area contributed by atoms with Crippen molar-refractivity contribution in [3.8, 4) is 11.1 Å². The van der Waals surface area contributed by atoms with Crippen LogP contribution in [-0.2, 0) is 13.1 Å². The number of fused-ring (bicyclic) bond motifs is 1. The first kappa shape index (κ1) is 18.4. The summed E-state index contributed by atoms with van der Waals surface area (Å²) in [5.41, 5.74) is 6.43. The number of carbonyl (C=O) groups is 1. The Hall–Kier alpha value is -2.99. The Bertz CT molecular complexity index is 1090. The summed E-state index contributed by atoms with van der Waals surface area (Å²) in [5.74, 6) is -0.477. The number of thiophene rings is 1. The Morgan fingerprint density at radius 3 is 2.21 bits per heavy atom. The molecule has 0 aliphatic heterocycles. The van der Waals surface area contributed by atoms with Crippen molar-refractivity contribution in [3.63, 3.8) is 0 Å². The summed E-state index contributed by atoms with van der Waals surface area (Å²) in [7, 11) is 0. The van der Waals surface area contributed by atoms with E-state index in [2.05, 4.69) is 66.0 Å². The highest BCUT2D eigenvalue weighted by Crippen LogP contribution is 2.30. The first-order valence-corrected chi connectivity index (χ1v) is 9.86. The summed E-state index contributed by atoms with van der Waals surface area (Å²) < 4.78 is 1.02. The molecule has 0 bridgehead atoms. The van der Waals surface area contributed by atoms with Gasteiger partial charge in [0.25, 0.3) is 5.91 Å². The topological polar surface area (TPSA) is 61.4 Å².